The SMILES string of the molecule is CCCCN(C)C(=O)c1cc(NCCc2ccc(OC)cc2)ncn1. The maximum absolute atomic E-state index is 12.4. The zero-order valence-electron chi connectivity index (χ0n) is 15.2. The van der Waals surface area contributed by atoms with Crippen LogP contribution in [0.5, 0.6) is 5.75 Å². The van der Waals surface area contributed by atoms with Crippen molar-refractivity contribution in [2.75, 3.05) is 32.6 Å². The Labute approximate surface area is 149 Å². The quantitative estimate of drug-likeness (QED) is 0.759. The predicted octanol–water partition coefficient (Wildman–Crippen LogP) is 3.01. The first-order valence-corrected chi connectivity index (χ1v) is 8.58. The molecule has 1 N–H and O–H groups in total. The molecule has 0 unspecified atom stereocenters. The Morgan fingerprint density at radius 2 is 2.00 bits per heavy atom. The van der Waals surface area contributed by atoms with Crippen LogP contribution in [0.2, 0.25) is 0 Å². The smallest absolute Gasteiger partial charge is 0.272 e. The predicted molar refractivity (Wildman–Crippen MR) is 99.1 cm³/mol. The van der Waals surface area contributed by atoms with Crippen molar-refractivity contribution in [3.8, 4) is 5.75 Å². The second-order valence-electron chi connectivity index (χ2n) is 5.89. The van der Waals surface area contributed by atoms with E-state index in [9.17, 15) is 4.79 Å². The number of carbonyl (C=O) groups excluding carboxylic acids is 1. The first kappa shape index (κ1) is 18.7. The number of unbranched alkanes of at least 4 members (excludes halogenated alkanes) is 1. The van der Waals surface area contributed by atoms with E-state index in [1.807, 2.05) is 24.3 Å². The lowest BCUT2D eigenvalue weighted by Crippen LogP contribution is -2.28. The number of aromatic nitrogens is 2. The molecule has 1 aromatic heterocycles. The van der Waals surface area contributed by atoms with E-state index in [1.54, 1.807) is 25.1 Å². The third kappa shape index (κ3) is 5.74. The number of methoxy groups -OCH3 is 1. The van der Waals surface area contributed by atoms with Gasteiger partial charge >= 0.3 is 0 Å². The van der Waals surface area contributed by atoms with Crippen molar-refractivity contribution in [2.24, 2.45) is 0 Å². The van der Waals surface area contributed by atoms with Crippen LogP contribution in [0.1, 0.15) is 35.8 Å². The Balaban J connectivity index is 1.88. The highest BCUT2D eigenvalue weighted by molar-refractivity contribution is 5.92. The van der Waals surface area contributed by atoms with E-state index >= 15 is 0 Å². The molecule has 0 saturated heterocycles. The number of nitrogens with zero attached hydrogens (tertiary/aromatic N) is 3. The molecule has 0 saturated carbocycles. The first-order chi connectivity index (χ1) is 12.1. The Hall–Kier alpha value is -2.63. The van der Waals surface area contributed by atoms with Crippen LogP contribution in [0.4, 0.5) is 5.82 Å². The number of anilines is 1. The van der Waals surface area contributed by atoms with Gasteiger partial charge in [0.25, 0.3) is 5.91 Å². The summed E-state index contributed by atoms with van der Waals surface area (Å²) in [6, 6.07) is 9.68. The molecule has 6 heteroatoms. The highest BCUT2D eigenvalue weighted by Crippen LogP contribution is 2.12. The summed E-state index contributed by atoms with van der Waals surface area (Å²) < 4.78 is 5.15. The van der Waals surface area contributed by atoms with Crippen LogP contribution in [0, 0.1) is 0 Å². The van der Waals surface area contributed by atoms with Gasteiger partial charge in [-0.1, -0.05) is 25.5 Å². The highest BCUT2D eigenvalue weighted by Gasteiger charge is 2.13. The number of carbonyl (C=O) groups is 1. The Bertz CT molecular complexity index is 673. The molecule has 2 aromatic rings. The Morgan fingerprint density at radius 3 is 2.68 bits per heavy atom. The van der Waals surface area contributed by atoms with E-state index in [1.165, 1.54) is 11.9 Å². The molecule has 2 rings (SSSR count). The molecule has 0 radical (unpaired) electrons. The molecule has 0 aliphatic heterocycles. The van der Waals surface area contributed by atoms with Crippen LogP contribution in [-0.2, 0) is 6.42 Å². The summed E-state index contributed by atoms with van der Waals surface area (Å²) in [6.45, 7) is 3.57. The summed E-state index contributed by atoms with van der Waals surface area (Å²) in [4.78, 5) is 22.3. The van der Waals surface area contributed by atoms with E-state index in [4.69, 9.17) is 4.74 Å². The van der Waals surface area contributed by atoms with Gasteiger partial charge in [0.2, 0.25) is 0 Å². The van der Waals surface area contributed by atoms with Gasteiger partial charge in [0.05, 0.1) is 7.11 Å². The van der Waals surface area contributed by atoms with Crippen LogP contribution < -0.4 is 10.1 Å². The number of nitrogens with one attached hydrogen (secondary N) is 1. The lowest BCUT2D eigenvalue weighted by atomic mass is 10.1. The maximum atomic E-state index is 12.4. The number of hydrogen-bond donors (Lipinski definition) is 1. The number of amides is 1. The zero-order chi connectivity index (χ0) is 18.1. The van der Waals surface area contributed by atoms with Gasteiger partial charge in [0, 0.05) is 26.2 Å². The fourth-order valence-electron chi connectivity index (χ4n) is 2.39. The molecular weight excluding hydrogens is 316 g/mol. The second kappa shape index (κ2) is 9.61. The standard InChI is InChI=1S/C19H26N4O2/c1-4-5-12-23(2)19(24)17-13-18(22-14-21-17)20-11-10-15-6-8-16(25-3)9-7-15/h6-9,13-14H,4-5,10-12H2,1-3H3,(H,20,21,22). The molecule has 0 spiro atoms. The monoisotopic (exact) mass is 342 g/mol. The summed E-state index contributed by atoms with van der Waals surface area (Å²) in [5.74, 6) is 1.44. The van der Waals surface area contributed by atoms with Gasteiger partial charge in [0.15, 0.2) is 0 Å². The van der Waals surface area contributed by atoms with Gasteiger partial charge < -0.3 is 15.0 Å². The van der Waals surface area contributed by atoms with E-state index in [0.717, 1.165) is 38.1 Å². The van der Waals surface area contributed by atoms with Crippen molar-refractivity contribution in [3.05, 3.63) is 47.9 Å². The van der Waals surface area contributed by atoms with Crippen LogP contribution in [-0.4, -0.2) is 48.0 Å². The summed E-state index contributed by atoms with van der Waals surface area (Å²) in [5, 5.41) is 3.25. The van der Waals surface area contributed by atoms with Gasteiger partial charge in [-0.2, -0.15) is 0 Å². The molecule has 25 heavy (non-hydrogen) atoms. The van der Waals surface area contributed by atoms with Crippen molar-refractivity contribution in [3.63, 3.8) is 0 Å². The fourth-order valence-corrected chi connectivity index (χ4v) is 2.39. The van der Waals surface area contributed by atoms with E-state index in [2.05, 4.69) is 22.2 Å². The lowest BCUT2D eigenvalue weighted by Gasteiger charge is -2.16. The van der Waals surface area contributed by atoms with E-state index in [-0.39, 0.29) is 5.91 Å². The van der Waals surface area contributed by atoms with Gasteiger partial charge in [-0.3, -0.25) is 4.79 Å². The third-order valence-electron chi connectivity index (χ3n) is 3.96. The minimum atomic E-state index is -0.0749. The number of hydrogen-bond acceptors (Lipinski definition) is 5. The molecule has 1 aromatic carbocycles. The molecule has 0 atom stereocenters. The van der Waals surface area contributed by atoms with Crippen LogP contribution in [0.3, 0.4) is 0 Å². The number of ether oxygens (including phenoxy) is 1. The molecule has 0 aliphatic carbocycles. The van der Waals surface area contributed by atoms with Crippen molar-refractivity contribution in [1.82, 2.24) is 14.9 Å². The third-order valence-corrected chi connectivity index (χ3v) is 3.96. The molecule has 0 aliphatic rings. The molecule has 0 bridgehead atoms. The summed E-state index contributed by atoms with van der Waals surface area (Å²) >= 11 is 0. The fraction of sp³-hybridized carbons (Fsp3) is 0.421. The number of benzene rings is 1. The van der Waals surface area contributed by atoms with Crippen LogP contribution in [0.15, 0.2) is 36.7 Å². The first-order valence-electron chi connectivity index (χ1n) is 8.58. The van der Waals surface area contributed by atoms with Gasteiger partial charge in [0.1, 0.15) is 23.6 Å². The largest absolute Gasteiger partial charge is 0.497 e. The average molecular weight is 342 g/mol. The lowest BCUT2D eigenvalue weighted by molar-refractivity contribution is 0.0787. The van der Waals surface area contributed by atoms with Gasteiger partial charge in [-0.15, -0.1) is 0 Å². The van der Waals surface area contributed by atoms with Gasteiger partial charge in [-0.05, 0) is 30.5 Å². The van der Waals surface area contributed by atoms with Crippen molar-refractivity contribution in [2.45, 2.75) is 26.2 Å². The van der Waals surface area contributed by atoms with Crippen molar-refractivity contribution in [1.29, 1.82) is 0 Å². The normalized spacial score (nSPS) is 10.4. The molecule has 134 valence electrons. The Kier molecular flexibility index (Phi) is 7.19. The molecule has 0 fully saturated rings. The Morgan fingerprint density at radius 1 is 1.24 bits per heavy atom. The molecular formula is C19H26N4O2. The molecule has 1 amide bonds. The number of rotatable bonds is 9. The molecule has 1 heterocycles. The van der Waals surface area contributed by atoms with Gasteiger partial charge in [-0.25, -0.2) is 9.97 Å². The summed E-state index contributed by atoms with van der Waals surface area (Å²) in [5.41, 5.74) is 1.62. The minimum absolute atomic E-state index is 0.0749. The zero-order valence-corrected chi connectivity index (χ0v) is 15.2. The van der Waals surface area contributed by atoms with E-state index < -0.39 is 0 Å². The highest BCUT2D eigenvalue weighted by atomic mass is 16.5. The summed E-state index contributed by atoms with van der Waals surface area (Å²) in [7, 11) is 3.46. The van der Waals surface area contributed by atoms with Crippen LogP contribution in [0.25, 0.3) is 0 Å². The second-order valence-corrected chi connectivity index (χ2v) is 5.89. The van der Waals surface area contributed by atoms with Crippen molar-refractivity contribution < 1.29 is 9.53 Å². The summed E-state index contributed by atoms with van der Waals surface area (Å²) in [6.07, 6.45) is 4.32. The average Bonchev–Trinajstić information content (AvgIpc) is 2.66. The van der Waals surface area contributed by atoms with E-state index in [0.29, 0.717) is 11.5 Å². The van der Waals surface area contributed by atoms with Crippen molar-refractivity contribution >= 4 is 11.7 Å². The minimum Gasteiger partial charge on any atom is -0.497 e. The topological polar surface area (TPSA) is 67.4 Å². The molecule has 6 nitrogen and oxygen atoms in total. The van der Waals surface area contributed by atoms with Crippen LogP contribution >= 0.6 is 0 Å². The maximum Gasteiger partial charge on any atom is 0.272 e.